The van der Waals surface area contributed by atoms with Crippen molar-refractivity contribution in [2.24, 2.45) is 15.2 Å². The molecule has 0 atom stereocenters. The number of rotatable bonds is 1. The number of azo groups is 1. The molecule has 1 aromatic rings. The Morgan fingerprint density at radius 2 is 2.18 bits per heavy atom. The molecule has 1 N–H and O–H groups in total. The molecule has 5 nitrogen and oxygen atoms in total. The fourth-order valence-corrected chi connectivity index (χ4v) is 1.43. The van der Waals surface area contributed by atoms with Gasteiger partial charge in [0.1, 0.15) is 5.70 Å². The zero-order chi connectivity index (χ0) is 12.4. The minimum Gasteiger partial charge on any atom is -0.287 e. The number of halogens is 1. The number of hydrogen-bond acceptors (Lipinski definition) is 3. The number of carbonyl (C=O) groups is 1. The smallest absolute Gasteiger partial charge is 0.287 e. The Kier molecular flexibility index (Phi) is 3.01. The van der Waals surface area contributed by atoms with Crippen LogP contribution in [0.15, 0.2) is 45.7 Å². The van der Waals surface area contributed by atoms with Crippen molar-refractivity contribution < 1.29 is 4.79 Å². The first-order valence-corrected chi connectivity index (χ1v) is 5.21. The second-order valence-corrected chi connectivity index (χ2v) is 3.90. The Bertz CT molecular complexity index is 563. The van der Waals surface area contributed by atoms with Gasteiger partial charge in [0.2, 0.25) is 0 Å². The zero-order valence-corrected chi connectivity index (χ0v) is 9.82. The maximum Gasteiger partial charge on any atom is 0.365 e. The van der Waals surface area contributed by atoms with Gasteiger partial charge in [-0.15, -0.1) is 5.11 Å². The molecule has 1 aliphatic heterocycles. The third kappa shape index (κ3) is 2.57. The number of nitrogens with one attached hydrogen (secondary N) is 1. The van der Waals surface area contributed by atoms with E-state index in [1.807, 2.05) is 13.0 Å². The van der Waals surface area contributed by atoms with E-state index in [-0.39, 0.29) is 5.84 Å². The highest BCUT2D eigenvalue weighted by Crippen LogP contribution is 2.24. The van der Waals surface area contributed by atoms with Crippen molar-refractivity contribution in [2.75, 3.05) is 0 Å². The first kappa shape index (κ1) is 11.5. The second kappa shape index (κ2) is 4.47. The van der Waals surface area contributed by atoms with Crippen LogP contribution < -0.4 is 5.32 Å². The Morgan fingerprint density at radius 1 is 1.41 bits per heavy atom. The average Bonchev–Trinajstić information content (AvgIpc) is 2.28. The number of amidine groups is 1. The lowest BCUT2D eigenvalue weighted by Crippen LogP contribution is -2.31. The van der Waals surface area contributed by atoms with Crippen molar-refractivity contribution in [3.05, 3.63) is 41.1 Å². The number of carbonyl (C=O) groups excluding carboxylic acids is 1. The topological polar surface area (TPSA) is 66.2 Å². The van der Waals surface area contributed by atoms with Gasteiger partial charge in [0.25, 0.3) is 0 Å². The molecule has 2 amide bonds. The maximum absolute atomic E-state index is 11.0. The van der Waals surface area contributed by atoms with Crippen LogP contribution in [0.1, 0.15) is 5.56 Å². The lowest BCUT2D eigenvalue weighted by atomic mass is 10.2. The van der Waals surface area contributed by atoms with Crippen molar-refractivity contribution >= 4 is 29.2 Å². The van der Waals surface area contributed by atoms with E-state index in [1.165, 1.54) is 0 Å². The SMILES string of the molecule is C=C1N=NC(=O)NC1=Nc1cc(Cl)ccc1C. The molecule has 17 heavy (non-hydrogen) atoms. The molecule has 2 rings (SSSR count). The van der Waals surface area contributed by atoms with Gasteiger partial charge in [-0.3, -0.25) is 5.32 Å². The van der Waals surface area contributed by atoms with Crippen molar-refractivity contribution in [1.82, 2.24) is 5.32 Å². The number of aliphatic imine (C=N–C) groups is 1. The summed E-state index contributed by atoms with van der Waals surface area (Å²) >= 11 is 5.88. The van der Waals surface area contributed by atoms with Gasteiger partial charge in [0.15, 0.2) is 5.84 Å². The van der Waals surface area contributed by atoms with Gasteiger partial charge in [-0.2, -0.15) is 0 Å². The minimum absolute atomic E-state index is 0.287. The molecule has 1 aromatic carbocycles. The summed E-state index contributed by atoms with van der Waals surface area (Å²) in [7, 11) is 0. The van der Waals surface area contributed by atoms with E-state index in [2.05, 4.69) is 27.1 Å². The number of benzene rings is 1. The molecule has 0 unspecified atom stereocenters. The van der Waals surface area contributed by atoms with Gasteiger partial charge < -0.3 is 0 Å². The van der Waals surface area contributed by atoms with Crippen LogP contribution in [0.4, 0.5) is 10.5 Å². The van der Waals surface area contributed by atoms with Gasteiger partial charge in [-0.1, -0.05) is 29.4 Å². The van der Waals surface area contributed by atoms with E-state index >= 15 is 0 Å². The van der Waals surface area contributed by atoms with E-state index in [9.17, 15) is 4.79 Å². The minimum atomic E-state index is -0.559. The zero-order valence-electron chi connectivity index (χ0n) is 9.07. The van der Waals surface area contributed by atoms with E-state index in [4.69, 9.17) is 11.6 Å². The monoisotopic (exact) mass is 248 g/mol. The van der Waals surface area contributed by atoms with Crippen LogP contribution >= 0.6 is 11.6 Å². The fourth-order valence-electron chi connectivity index (χ4n) is 1.27. The fraction of sp³-hybridized carbons (Fsp3) is 0.0909. The van der Waals surface area contributed by atoms with Crippen LogP contribution in [0.3, 0.4) is 0 Å². The molecule has 86 valence electrons. The molecule has 0 fully saturated rings. The largest absolute Gasteiger partial charge is 0.365 e. The van der Waals surface area contributed by atoms with Crippen LogP contribution in [-0.4, -0.2) is 11.9 Å². The standard InChI is InChI=1S/C11H9ClN4O/c1-6-3-4-8(12)5-9(6)13-10-7(2)15-16-11(17)14-10/h3-5H,2H2,1H3,(H,13,14,17). The van der Waals surface area contributed by atoms with E-state index in [0.717, 1.165) is 5.56 Å². The predicted molar refractivity (Wildman–Crippen MR) is 65.8 cm³/mol. The first-order valence-electron chi connectivity index (χ1n) is 4.83. The Hall–Kier alpha value is -2.01. The van der Waals surface area contributed by atoms with E-state index in [1.54, 1.807) is 12.1 Å². The Labute approximate surface area is 103 Å². The van der Waals surface area contributed by atoms with Crippen LogP contribution in [0.2, 0.25) is 5.02 Å². The normalized spacial score (nSPS) is 17.4. The van der Waals surface area contributed by atoms with Gasteiger partial charge in [0.05, 0.1) is 5.69 Å². The summed E-state index contributed by atoms with van der Waals surface area (Å²) in [6.07, 6.45) is 0. The van der Waals surface area contributed by atoms with E-state index in [0.29, 0.717) is 16.4 Å². The summed E-state index contributed by atoms with van der Waals surface area (Å²) in [6, 6.07) is 4.76. The first-order chi connectivity index (χ1) is 8.06. The molecular weight excluding hydrogens is 240 g/mol. The highest BCUT2D eigenvalue weighted by atomic mass is 35.5. The number of nitrogens with zero attached hydrogens (tertiary/aromatic N) is 3. The highest BCUT2D eigenvalue weighted by Gasteiger charge is 2.14. The molecule has 0 spiro atoms. The third-order valence-corrected chi connectivity index (χ3v) is 2.40. The maximum atomic E-state index is 11.0. The molecular formula is C11H9ClN4O. The molecule has 6 heteroatoms. The average molecular weight is 249 g/mol. The van der Waals surface area contributed by atoms with Crippen molar-refractivity contribution in [2.45, 2.75) is 6.92 Å². The Morgan fingerprint density at radius 3 is 2.94 bits per heavy atom. The van der Waals surface area contributed by atoms with Crippen molar-refractivity contribution in [3.63, 3.8) is 0 Å². The number of urea groups is 1. The molecule has 0 saturated carbocycles. The number of amides is 2. The molecule has 0 aliphatic carbocycles. The summed E-state index contributed by atoms with van der Waals surface area (Å²) < 4.78 is 0. The third-order valence-electron chi connectivity index (χ3n) is 2.16. The molecule has 1 heterocycles. The molecule has 0 bridgehead atoms. The highest BCUT2D eigenvalue weighted by molar-refractivity contribution is 6.30. The summed E-state index contributed by atoms with van der Waals surface area (Å²) in [4.78, 5) is 15.3. The van der Waals surface area contributed by atoms with Gasteiger partial charge in [0, 0.05) is 5.02 Å². The summed E-state index contributed by atoms with van der Waals surface area (Å²) in [5, 5.41) is 9.95. The van der Waals surface area contributed by atoms with Crippen molar-refractivity contribution in [3.8, 4) is 0 Å². The molecule has 1 aliphatic rings. The second-order valence-electron chi connectivity index (χ2n) is 3.47. The van der Waals surface area contributed by atoms with Crippen LogP contribution in [0, 0.1) is 6.92 Å². The summed E-state index contributed by atoms with van der Waals surface area (Å²) in [5.41, 5.74) is 1.90. The van der Waals surface area contributed by atoms with Gasteiger partial charge >= 0.3 is 6.03 Å². The van der Waals surface area contributed by atoms with Crippen LogP contribution in [0.5, 0.6) is 0 Å². The predicted octanol–water partition coefficient (Wildman–Crippen LogP) is 3.37. The number of aryl methyl sites for hydroxylation is 1. The van der Waals surface area contributed by atoms with E-state index < -0.39 is 6.03 Å². The summed E-state index contributed by atoms with van der Waals surface area (Å²) in [6.45, 7) is 5.53. The molecule has 0 radical (unpaired) electrons. The van der Waals surface area contributed by atoms with Crippen LogP contribution in [-0.2, 0) is 0 Å². The summed E-state index contributed by atoms with van der Waals surface area (Å²) in [5.74, 6) is 0.287. The van der Waals surface area contributed by atoms with Gasteiger partial charge in [-0.05, 0) is 24.6 Å². The lowest BCUT2D eigenvalue weighted by molar-refractivity contribution is 0.251. The molecule has 0 saturated heterocycles. The van der Waals surface area contributed by atoms with Gasteiger partial charge in [-0.25, -0.2) is 9.79 Å². The lowest BCUT2D eigenvalue weighted by Gasteiger charge is -2.10. The van der Waals surface area contributed by atoms with Crippen molar-refractivity contribution in [1.29, 1.82) is 0 Å². The number of hydrogen-bond donors (Lipinski definition) is 1. The quantitative estimate of drug-likeness (QED) is 0.814. The molecule has 0 aromatic heterocycles. The Balaban J connectivity index is 2.42. The van der Waals surface area contributed by atoms with Crippen LogP contribution in [0.25, 0.3) is 0 Å².